The van der Waals surface area contributed by atoms with Gasteiger partial charge < -0.3 is 15.0 Å². The number of nitrogens with zero attached hydrogens (tertiary/aromatic N) is 1. The van der Waals surface area contributed by atoms with Gasteiger partial charge in [-0.25, -0.2) is 4.39 Å². The smallest absolute Gasteiger partial charge is 0.289 e. The van der Waals surface area contributed by atoms with Crippen molar-refractivity contribution in [3.05, 3.63) is 41.4 Å². The zero-order chi connectivity index (χ0) is 18.1. The fourth-order valence-corrected chi connectivity index (χ4v) is 3.75. The summed E-state index contributed by atoms with van der Waals surface area (Å²) in [5.41, 5.74) is 0.312. The summed E-state index contributed by atoms with van der Waals surface area (Å²) < 4.78 is 19.9. The summed E-state index contributed by atoms with van der Waals surface area (Å²) >= 11 is 0. The molecule has 2 atom stereocenters. The Labute approximate surface area is 152 Å². The lowest BCUT2D eigenvalue weighted by Gasteiger charge is -2.44. The summed E-state index contributed by atoms with van der Waals surface area (Å²) in [4.78, 5) is 26.9. The van der Waals surface area contributed by atoms with Crippen molar-refractivity contribution in [2.24, 2.45) is 0 Å². The van der Waals surface area contributed by atoms with Gasteiger partial charge in [0.05, 0.1) is 6.04 Å². The number of ether oxygens (including phenoxy) is 1. The number of carbonyl (C=O) groups is 2. The Bertz CT molecular complexity index is 744. The van der Waals surface area contributed by atoms with Gasteiger partial charge in [-0.05, 0) is 44.2 Å². The maximum absolute atomic E-state index is 14.0. The van der Waals surface area contributed by atoms with E-state index in [1.165, 1.54) is 12.1 Å². The molecule has 2 unspecified atom stereocenters. The highest BCUT2D eigenvalue weighted by molar-refractivity contribution is 5.98. The largest absolute Gasteiger partial charge is 0.482 e. The van der Waals surface area contributed by atoms with Gasteiger partial charge in [0.15, 0.2) is 5.76 Å². The van der Waals surface area contributed by atoms with Crippen LogP contribution in [-0.2, 0) is 14.3 Å². The van der Waals surface area contributed by atoms with Gasteiger partial charge in [0.2, 0.25) is 5.91 Å². The standard InChI is InChI=1S/C20H23FN2O3/c21-15-6-2-1-5-13(15)11-18-20(25)23(12-19(24)22-14-9-10-14)16-7-3-4-8-17(16)26-18/h1-2,5-6,11,14,16-17H,3-4,7-10,12H2,(H,22,24)/b18-11+. The van der Waals surface area contributed by atoms with Gasteiger partial charge in [0.25, 0.3) is 5.91 Å². The Morgan fingerprint density at radius 3 is 2.77 bits per heavy atom. The number of fused-ring (bicyclic) bond motifs is 1. The third-order valence-corrected chi connectivity index (χ3v) is 5.27. The molecule has 1 aromatic carbocycles. The van der Waals surface area contributed by atoms with Crippen LogP contribution >= 0.6 is 0 Å². The van der Waals surface area contributed by atoms with E-state index in [-0.39, 0.29) is 42.3 Å². The zero-order valence-electron chi connectivity index (χ0n) is 14.6. The van der Waals surface area contributed by atoms with Crippen molar-refractivity contribution in [1.29, 1.82) is 0 Å². The molecule has 0 bridgehead atoms. The Morgan fingerprint density at radius 2 is 2.00 bits per heavy atom. The number of carbonyl (C=O) groups excluding carboxylic acids is 2. The Hall–Kier alpha value is -2.37. The molecule has 0 radical (unpaired) electrons. The summed E-state index contributed by atoms with van der Waals surface area (Å²) in [7, 11) is 0. The molecule has 2 aliphatic carbocycles. The molecule has 1 aliphatic heterocycles. The number of amides is 2. The van der Waals surface area contributed by atoms with E-state index in [9.17, 15) is 14.0 Å². The van der Waals surface area contributed by atoms with Crippen LogP contribution < -0.4 is 5.32 Å². The lowest BCUT2D eigenvalue weighted by molar-refractivity contribution is -0.151. The first-order valence-electron chi connectivity index (χ1n) is 9.35. The molecule has 4 rings (SSSR count). The van der Waals surface area contributed by atoms with Crippen molar-refractivity contribution >= 4 is 17.9 Å². The van der Waals surface area contributed by atoms with Crippen LogP contribution in [0.15, 0.2) is 30.0 Å². The van der Waals surface area contributed by atoms with Crippen molar-refractivity contribution in [2.75, 3.05) is 6.54 Å². The van der Waals surface area contributed by atoms with Crippen LogP contribution in [0, 0.1) is 5.82 Å². The van der Waals surface area contributed by atoms with Crippen LogP contribution in [0.4, 0.5) is 4.39 Å². The molecule has 1 aromatic rings. The monoisotopic (exact) mass is 358 g/mol. The average molecular weight is 358 g/mol. The van der Waals surface area contributed by atoms with E-state index < -0.39 is 5.82 Å². The van der Waals surface area contributed by atoms with Crippen molar-refractivity contribution in [2.45, 2.75) is 56.7 Å². The van der Waals surface area contributed by atoms with Crippen LogP contribution in [0.1, 0.15) is 44.1 Å². The number of hydrogen-bond acceptors (Lipinski definition) is 3. The second-order valence-electron chi connectivity index (χ2n) is 7.31. The summed E-state index contributed by atoms with van der Waals surface area (Å²) in [6, 6.07) is 6.45. The lowest BCUT2D eigenvalue weighted by atomic mass is 9.89. The molecule has 138 valence electrons. The summed E-state index contributed by atoms with van der Waals surface area (Å²) in [5.74, 6) is -0.739. The topological polar surface area (TPSA) is 58.6 Å². The van der Waals surface area contributed by atoms with Crippen LogP contribution in [0.25, 0.3) is 6.08 Å². The van der Waals surface area contributed by atoms with Crippen LogP contribution in [0.5, 0.6) is 0 Å². The third-order valence-electron chi connectivity index (χ3n) is 5.27. The Morgan fingerprint density at radius 1 is 1.23 bits per heavy atom. The molecule has 2 amide bonds. The Kier molecular flexibility index (Phi) is 4.66. The molecule has 1 saturated heterocycles. The molecular weight excluding hydrogens is 335 g/mol. The summed E-state index contributed by atoms with van der Waals surface area (Å²) in [5, 5.41) is 2.94. The molecule has 1 N–H and O–H groups in total. The first kappa shape index (κ1) is 17.1. The van der Waals surface area contributed by atoms with Crippen molar-refractivity contribution in [1.82, 2.24) is 10.2 Å². The van der Waals surface area contributed by atoms with Gasteiger partial charge in [0, 0.05) is 11.6 Å². The molecule has 5 nitrogen and oxygen atoms in total. The van der Waals surface area contributed by atoms with Crippen LogP contribution in [0.3, 0.4) is 0 Å². The van der Waals surface area contributed by atoms with E-state index in [2.05, 4.69) is 5.32 Å². The first-order valence-corrected chi connectivity index (χ1v) is 9.35. The minimum atomic E-state index is -0.403. The summed E-state index contributed by atoms with van der Waals surface area (Å²) in [6.07, 6.45) is 7.06. The number of halogens is 1. The van der Waals surface area contributed by atoms with E-state index in [0.717, 1.165) is 38.5 Å². The minimum absolute atomic E-state index is 0.0362. The molecule has 3 aliphatic rings. The predicted molar refractivity (Wildman–Crippen MR) is 94.4 cm³/mol. The van der Waals surface area contributed by atoms with Crippen LogP contribution in [-0.4, -0.2) is 41.4 Å². The molecule has 0 aromatic heterocycles. The number of benzene rings is 1. The van der Waals surface area contributed by atoms with Gasteiger partial charge in [-0.2, -0.15) is 0 Å². The molecule has 6 heteroatoms. The molecule has 0 spiro atoms. The molecule has 3 fully saturated rings. The van der Waals surface area contributed by atoms with Crippen LogP contribution in [0.2, 0.25) is 0 Å². The van der Waals surface area contributed by atoms with Gasteiger partial charge in [-0.15, -0.1) is 0 Å². The molecule has 1 heterocycles. The highest BCUT2D eigenvalue weighted by Crippen LogP contribution is 2.33. The van der Waals surface area contributed by atoms with Crippen molar-refractivity contribution < 1.29 is 18.7 Å². The highest BCUT2D eigenvalue weighted by Gasteiger charge is 2.42. The molecule has 26 heavy (non-hydrogen) atoms. The minimum Gasteiger partial charge on any atom is -0.482 e. The number of morpholine rings is 1. The SMILES string of the molecule is O=C(CN1C(=O)/C(=C\c2ccccc2F)OC2CCCCC21)NC1CC1. The van der Waals surface area contributed by atoms with Crippen molar-refractivity contribution in [3.63, 3.8) is 0 Å². The van der Waals surface area contributed by atoms with Gasteiger partial charge in [0.1, 0.15) is 18.5 Å². The first-order chi connectivity index (χ1) is 12.6. The number of nitrogens with one attached hydrogen (secondary N) is 1. The predicted octanol–water partition coefficient (Wildman–Crippen LogP) is 2.62. The maximum Gasteiger partial charge on any atom is 0.289 e. The van der Waals surface area contributed by atoms with Gasteiger partial charge in [-0.3, -0.25) is 9.59 Å². The fourth-order valence-electron chi connectivity index (χ4n) is 3.75. The number of rotatable bonds is 4. The highest BCUT2D eigenvalue weighted by atomic mass is 19.1. The maximum atomic E-state index is 14.0. The van der Waals surface area contributed by atoms with Crippen molar-refractivity contribution in [3.8, 4) is 0 Å². The Balaban J connectivity index is 1.58. The summed E-state index contributed by atoms with van der Waals surface area (Å²) in [6.45, 7) is 0.0362. The van der Waals surface area contributed by atoms with E-state index in [1.54, 1.807) is 23.1 Å². The van der Waals surface area contributed by atoms with E-state index in [0.29, 0.717) is 5.56 Å². The zero-order valence-corrected chi connectivity index (χ0v) is 14.6. The third kappa shape index (κ3) is 3.59. The lowest BCUT2D eigenvalue weighted by Crippen LogP contribution is -2.57. The molecule has 2 saturated carbocycles. The van der Waals surface area contributed by atoms with Gasteiger partial charge >= 0.3 is 0 Å². The van der Waals surface area contributed by atoms with E-state index >= 15 is 0 Å². The second kappa shape index (κ2) is 7.09. The molecular formula is C20H23FN2O3. The quantitative estimate of drug-likeness (QED) is 0.842. The van der Waals surface area contributed by atoms with E-state index in [1.807, 2.05) is 0 Å². The second-order valence-corrected chi connectivity index (χ2v) is 7.31. The normalized spacial score (nSPS) is 27.0. The van der Waals surface area contributed by atoms with E-state index in [4.69, 9.17) is 4.74 Å². The fraction of sp³-hybridized carbons (Fsp3) is 0.500. The number of hydrogen-bond donors (Lipinski definition) is 1. The van der Waals surface area contributed by atoms with Gasteiger partial charge in [-0.1, -0.05) is 24.6 Å². The average Bonchev–Trinajstić information content (AvgIpc) is 3.44.